The minimum atomic E-state index is -1.56. The number of ether oxygens (including phenoxy) is 1. The third kappa shape index (κ3) is 5.00. The largest absolute Gasteiger partial charge is 0.481 e. The third-order valence-corrected chi connectivity index (χ3v) is 6.27. The molecule has 0 aromatic carbocycles. The Morgan fingerprint density at radius 3 is 2.33 bits per heavy atom. The van der Waals surface area contributed by atoms with E-state index in [1.165, 1.54) is 23.2 Å². The maximum atomic E-state index is 13.5. The molecule has 1 atom stereocenters. The summed E-state index contributed by atoms with van der Waals surface area (Å²) in [5.74, 6) is -2.90. The number of hydrogen-bond acceptors (Lipinski definition) is 6. The van der Waals surface area contributed by atoms with Gasteiger partial charge < -0.3 is 20.1 Å². The molecule has 0 radical (unpaired) electrons. The number of hydrogen-bond donors (Lipinski definition) is 2. The number of carbonyl (C=O) groups excluding carboxylic acids is 3. The molecule has 2 N–H and O–H groups in total. The zero-order valence-corrected chi connectivity index (χ0v) is 19.4. The first-order valence-electron chi connectivity index (χ1n) is 9.76. The summed E-state index contributed by atoms with van der Waals surface area (Å²) in [7, 11) is 0. The maximum Gasteiger partial charge on any atom is 0.349 e. The van der Waals surface area contributed by atoms with Crippen LogP contribution in [-0.4, -0.2) is 58.0 Å². The highest BCUT2D eigenvalue weighted by atomic mass is 32.1. The van der Waals surface area contributed by atoms with E-state index in [1.807, 2.05) is 20.8 Å². The van der Waals surface area contributed by atoms with Crippen LogP contribution in [0.5, 0.6) is 0 Å². The molecule has 1 saturated heterocycles. The number of nitrogens with one attached hydrogen (secondary N) is 1. The van der Waals surface area contributed by atoms with E-state index >= 15 is 0 Å². The maximum absolute atomic E-state index is 13.5. The van der Waals surface area contributed by atoms with Crippen molar-refractivity contribution in [2.45, 2.75) is 71.4 Å². The lowest BCUT2D eigenvalue weighted by molar-refractivity contribution is -0.147. The van der Waals surface area contributed by atoms with Gasteiger partial charge >= 0.3 is 11.9 Å². The number of nitrogens with zero attached hydrogens (tertiary/aromatic N) is 1. The predicted octanol–water partition coefficient (Wildman–Crippen LogP) is 2.81. The van der Waals surface area contributed by atoms with Gasteiger partial charge in [-0.2, -0.15) is 0 Å². The van der Waals surface area contributed by atoms with Crippen LogP contribution in [0.25, 0.3) is 0 Å². The molecule has 0 spiro atoms. The molecular formula is C21H30N2O6S. The summed E-state index contributed by atoms with van der Waals surface area (Å²) >= 11 is 1.18. The van der Waals surface area contributed by atoms with Gasteiger partial charge in [0.1, 0.15) is 16.0 Å². The molecule has 1 unspecified atom stereocenters. The molecule has 1 aromatic heterocycles. The molecule has 9 heteroatoms. The summed E-state index contributed by atoms with van der Waals surface area (Å²) in [4.78, 5) is 52.5. The number of amides is 2. The molecule has 1 fully saturated rings. The summed E-state index contributed by atoms with van der Waals surface area (Å²) in [5.41, 5.74) is -2.49. The topological polar surface area (TPSA) is 113 Å². The Morgan fingerprint density at radius 2 is 1.83 bits per heavy atom. The first kappa shape index (κ1) is 23.9. The monoisotopic (exact) mass is 438 g/mol. The van der Waals surface area contributed by atoms with Crippen molar-refractivity contribution < 1.29 is 29.0 Å². The number of carboxylic acids is 1. The van der Waals surface area contributed by atoms with Gasteiger partial charge in [-0.1, -0.05) is 20.8 Å². The van der Waals surface area contributed by atoms with Crippen LogP contribution >= 0.6 is 11.3 Å². The molecule has 0 saturated carbocycles. The highest BCUT2D eigenvalue weighted by Gasteiger charge is 2.47. The molecule has 2 heterocycles. The van der Waals surface area contributed by atoms with Crippen LogP contribution in [0.15, 0.2) is 6.07 Å². The van der Waals surface area contributed by atoms with Crippen LogP contribution in [0.1, 0.15) is 79.8 Å². The quantitative estimate of drug-likeness (QED) is 0.699. The zero-order chi connectivity index (χ0) is 23.1. The van der Waals surface area contributed by atoms with Crippen LogP contribution in [0.3, 0.4) is 0 Å². The standard InChI is InChI=1S/C21H30N2O6S/c1-19(2,3)13-10-12(15(30-13)17(27)29-20(4,5)6)16(26)23-9-8-22-18(28)21(23,7)11-14(24)25/h10H,8-9,11H2,1-7H3,(H,22,28)(H,24,25). The van der Waals surface area contributed by atoms with Crippen molar-refractivity contribution in [2.24, 2.45) is 0 Å². The van der Waals surface area contributed by atoms with Gasteiger partial charge in [0.2, 0.25) is 5.91 Å². The highest BCUT2D eigenvalue weighted by Crippen LogP contribution is 2.36. The molecule has 2 amide bonds. The minimum Gasteiger partial charge on any atom is -0.481 e. The van der Waals surface area contributed by atoms with Crippen LogP contribution in [0.2, 0.25) is 0 Å². The van der Waals surface area contributed by atoms with E-state index in [4.69, 9.17) is 4.74 Å². The van der Waals surface area contributed by atoms with Gasteiger partial charge in [-0.15, -0.1) is 11.3 Å². The van der Waals surface area contributed by atoms with E-state index in [1.54, 1.807) is 26.8 Å². The second-order valence-electron chi connectivity index (χ2n) is 9.66. The fourth-order valence-electron chi connectivity index (χ4n) is 3.18. The van der Waals surface area contributed by atoms with Gasteiger partial charge in [0.15, 0.2) is 0 Å². The number of piperazine rings is 1. The van der Waals surface area contributed by atoms with Crippen molar-refractivity contribution in [3.05, 3.63) is 21.4 Å². The van der Waals surface area contributed by atoms with Crippen molar-refractivity contribution in [1.82, 2.24) is 10.2 Å². The first-order valence-corrected chi connectivity index (χ1v) is 10.6. The first-order chi connectivity index (χ1) is 13.6. The Kier molecular flexibility index (Phi) is 6.37. The van der Waals surface area contributed by atoms with Crippen molar-refractivity contribution in [2.75, 3.05) is 13.1 Å². The van der Waals surface area contributed by atoms with Gasteiger partial charge in [0, 0.05) is 18.0 Å². The van der Waals surface area contributed by atoms with Crippen LogP contribution in [0, 0.1) is 0 Å². The Bertz CT molecular complexity index is 877. The fraction of sp³-hybridized carbons (Fsp3) is 0.619. The fourth-order valence-corrected chi connectivity index (χ4v) is 4.26. The van der Waals surface area contributed by atoms with Gasteiger partial charge in [-0.05, 0) is 39.2 Å². The lowest BCUT2D eigenvalue weighted by Crippen LogP contribution is -2.65. The van der Waals surface area contributed by atoms with Crippen molar-refractivity contribution in [3.63, 3.8) is 0 Å². The number of carbonyl (C=O) groups is 4. The Balaban J connectivity index is 2.56. The van der Waals surface area contributed by atoms with Crippen molar-refractivity contribution in [1.29, 1.82) is 0 Å². The number of thiophene rings is 1. The van der Waals surface area contributed by atoms with E-state index in [9.17, 15) is 24.3 Å². The summed E-state index contributed by atoms with van der Waals surface area (Å²) in [6.07, 6.45) is -0.539. The molecular weight excluding hydrogens is 408 g/mol. The van der Waals surface area contributed by atoms with Gasteiger partial charge in [0.05, 0.1) is 12.0 Å². The lowest BCUT2D eigenvalue weighted by atomic mass is 9.90. The molecule has 8 nitrogen and oxygen atoms in total. The van der Waals surface area contributed by atoms with Gasteiger partial charge in [0.25, 0.3) is 5.91 Å². The van der Waals surface area contributed by atoms with E-state index in [-0.39, 0.29) is 28.9 Å². The van der Waals surface area contributed by atoms with Crippen LogP contribution in [-0.2, 0) is 19.7 Å². The average molecular weight is 439 g/mol. The molecule has 1 aliphatic rings. The highest BCUT2D eigenvalue weighted by molar-refractivity contribution is 7.14. The summed E-state index contributed by atoms with van der Waals surface area (Å²) in [6.45, 7) is 12.9. The Morgan fingerprint density at radius 1 is 1.23 bits per heavy atom. The van der Waals surface area contributed by atoms with E-state index in [0.29, 0.717) is 0 Å². The zero-order valence-electron chi connectivity index (χ0n) is 18.5. The van der Waals surface area contributed by atoms with E-state index < -0.39 is 41.3 Å². The molecule has 30 heavy (non-hydrogen) atoms. The SMILES string of the molecule is CC(C)(C)OC(=O)c1sc(C(C)(C)C)cc1C(=O)N1CCNC(=O)C1(C)CC(=O)O. The molecule has 2 rings (SSSR count). The van der Waals surface area contributed by atoms with Crippen LogP contribution < -0.4 is 5.32 Å². The van der Waals surface area contributed by atoms with Crippen LogP contribution in [0.4, 0.5) is 0 Å². The molecule has 0 aliphatic carbocycles. The predicted molar refractivity (Wildman–Crippen MR) is 113 cm³/mol. The number of aliphatic carboxylic acids is 1. The molecule has 1 aliphatic heterocycles. The van der Waals surface area contributed by atoms with E-state index in [2.05, 4.69) is 5.32 Å². The average Bonchev–Trinajstić information content (AvgIpc) is 3.00. The molecule has 166 valence electrons. The normalized spacial score (nSPS) is 20.0. The van der Waals surface area contributed by atoms with Gasteiger partial charge in [-0.3, -0.25) is 14.4 Å². The minimum absolute atomic E-state index is 0.130. The smallest absolute Gasteiger partial charge is 0.349 e. The number of carboxylic acid groups (broad SMARTS) is 1. The van der Waals surface area contributed by atoms with Gasteiger partial charge in [-0.25, -0.2) is 4.79 Å². The summed E-state index contributed by atoms with van der Waals surface area (Å²) in [5, 5.41) is 11.9. The lowest BCUT2D eigenvalue weighted by Gasteiger charge is -2.42. The van der Waals surface area contributed by atoms with Crippen molar-refractivity contribution >= 4 is 35.1 Å². The summed E-state index contributed by atoms with van der Waals surface area (Å²) in [6, 6.07) is 1.65. The van der Waals surface area contributed by atoms with E-state index in [0.717, 1.165) is 4.88 Å². The second kappa shape index (κ2) is 8.02. The third-order valence-electron chi connectivity index (χ3n) is 4.73. The molecule has 0 bridgehead atoms. The van der Waals surface area contributed by atoms with Crippen molar-refractivity contribution in [3.8, 4) is 0 Å². The number of rotatable bonds is 4. The summed E-state index contributed by atoms with van der Waals surface area (Å²) < 4.78 is 5.49. The second-order valence-corrected chi connectivity index (χ2v) is 10.7. The molecule has 1 aromatic rings. The Hall–Kier alpha value is -2.42. The Labute approximate surface area is 180 Å². The number of esters is 1.